The van der Waals surface area contributed by atoms with Gasteiger partial charge in [0.25, 0.3) is 0 Å². The third kappa shape index (κ3) is 4.12. The number of halogens is 1. The zero-order chi connectivity index (χ0) is 13.9. The molecule has 0 saturated carbocycles. The number of thiophene rings is 1. The number of hydrogen-bond acceptors (Lipinski definition) is 3. The van der Waals surface area contributed by atoms with Crippen molar-refractivity contribution in [3.63, 3.8) is 0 Å². The highest BCUT2D eigenvalue weighted by atomic mass is 32.2. The summed E-state index contributed by atoms with van der Waals surface area (Å²) in [7, 11) is -3.41. The van der Waals surface area contributed by atoms with E-state index in [4.69, 9.17) is 0 Å². The Balaban J connectivity index is 1.99. The molecule has 2 aromatic rings. The first-order valence-electron chi connectivity index (χ1n) is 5.71. The van der Waals surface area contributed by atoms with Crippen LogP contribution >= 0.6 is 11.3 Å². The zero-order valence-corrected chi connectivity index (χ0v) is 12.0. The molecule has 0 saturated heterocycles. The molecule has 1 heterocycles. The van der Waals surface area contributed by atoms with E-state index >= 15 is 0 Å². The molecular weight excluding hydrogens is 285 g/mol. The number of hydrogen-bond donors (Lipinski definition) is 1. The van der Waals surface area contributed by atoms with Crippen LogP contribution in [0.3, 0.4) is 0 Å². The Bertz CT molecular complexity index is 648. The van der Waals surface area contributed by atoms with E-state index in [1.54, 1.807) is 0 Å². The van der Waals surface area contributed by atoms with Gasteiger partial charge < -0.3 is 0 Å². The molecule has 0 bridgehead atoms. The highest BCUT2D eigenvalue weighted by molar-refractivity contribution is 7.88. The van der Waals surface area contributed by atoms with Gasteiger partial charge in [0, 0.05) is 11.4 Å². The predicted octanol–water partition coefficient (Wildman–Crippen LogP) is 2.82. The van der Waals surface area contributed by atoms with Crippen LogP contribution in [0.5, 0.6) is 0 Å². The van der Waals surface area contributed by atoms with Crippen molar-refractivity contribution in [3.05, 3.63) is 57.5 Å². The number of sulfonamides is 1. The summed E-state index contributed by atoms with van der Waals surface area (Å²) in [4.78, 5) is 1.00. The number of aryl methyl sites for hydroxylation is 1. The lowest BCUT2D eigenvalue weighted by molar-refractivity contribution is 0.580. The monoisotopic (exact) mass is 299 g/mol. The summed E-state index contributed by atoms with van der Waals surface area (Å²) in [6, 6.07) is 7.42. The van der Waals surface area contributed by atoms with Crippen LogP contribution in [0.15, 0.2) is 35.7 Å². The molecule has 0 radical (unpaired) electrons. The maximum atomic E-state index is 12.7. The second kappa shape index (κ2) is 5.81. The minimum absolute atomic E-state index is 0.141. The summed E-state index contributed by atoms with van der Waals surface area (Å²) in [5, 5.41) is 1.93. The summed E-state index contributed by atoms with van der Waals surface area (Å²) in [6.45, 7) is 2.24. The largest absolute Gasteiger partial charge is 0.216 e. The lowest BCUT2D eigenvalue weighted by Gasteiger charge is -2.06. The predicted molar refractivity (Wildman–Crippen MR) is 74.9 cm³/mol. The summed E-state index contributed by atoms with van der Waals surface area (Å²) in [5.41, 5.74) is 1.64. The summed E-state index contributed by atoms with van der Waals surface area (Å²) in [5.74, 6) is -0.513. The van der Waals surface area contributed by atoms with Crippen molar-refractivity contribution >= 4 is 21.4 Å². The standard InChI is InChI=1S/C13H14FNO2S2/c1-10-6-7-18-13(10)8-15-19(16,17)9-11-2-4-12(14)5-3-11/h2-7,15H,8-9H2,1H3. The van der Waals surface area contributed by atoms with E-state index in [0.29, 0.717) is 12.1 Å². The van der Waals surface area contributed by atoms with E-state index in [9.17, 15) is 12.8 Å². The lowest BCUT2D eigenvalue weighted by atomic mass is 10.2. The van der Waals surface area contributed by atoms with Crippen molar-refractivity contribution < 1.29 is 12.8 Å². The van der Waals surface area contributed by atoms with Crippen LogP contribution in [0.4, 0.5) is 4.39 Å². The maximum absolute atomic E-state index is 12.7. The summed E-state index contributed by atoms with van der Waals surface area (Å²) >= 11 is 1.52. The van der Waals surface area contributed by atoms with Crippen molar-refractivity contribution in [1.82, 2.24) is 4.72 Å². The molecule has 1 N–H and O–H groups in total. The quantitative estimate of drug-likeness (QED) is 0.923. The van der Waals surface area contributed by atoms with Gasteiger partial charge >= 0.3 is 0 Å². The van der Waals surface area contributed by atoms with Crippen molar-refractivity contribution in [2.24, 2.45) is 0 Å². The van der Waals surface area contributed by atoms with Gasteiger partial charge in [-0.3, -0.25) is 0 Å². The van der Waals surface area contributed by atoms with E-state index in [1.807, 2.05) is 18.4 Å². The van der Waals surface area contributed by atoms with Gasteiger partial charge in [0.2, 0.25) is 10.0 Å². The van der Waals surface area contributed by atoms with Crippen molar-refractivity contribution in [2.45, 2.75) is 19.2 Å². The number of nitrogens with one attached hydrogen (secondary N) is 1. The van der Waals surface area contributed by atoms with Crippen molar-refractivity contribution in [1.29, 1.82) is 0 Å². The van der Waals surface area contributed by atoms with E-state index in [2.05, 4.69) is 4.72 Å². The van der Waals surface area contributed by atoms with E-state index in [-0.39, 0.29) is 11.6 Å². The van der Waals surface area contributed by atoms with E-state index in [0.717, 1.165) is 10.4 Å². The molecule has 0 aliphatic carbocycles. The van der Waals surface area contributed by atoms with Crippen LogP contribution in [0.25, 0.3) is 0 Å². The first-order valence-corrected chi connectivity index (χ1v) is 8.24. The van der Waals surface area contributed by atoms with Gasteiger partial charge in [-0.2, -0.15) is 0 Å². The van der Waals surface area contributed by atoms with E-state index in [1.165, 1.54) is 35.6 Å². The molecule has 0 unspecified atom stereocenters. The Kier molecular flexibility index (Phi) is 4.34. The molecule has 1 aromatic carbocycles. The second-order valence-electron chi connectivity index (χ2n) is 4.23. The Labute approximate surface area is 116 Å². The van der Waals surface area contributed by atoms with Gasteiger partial charge in [-0.25, -0.2) is 17.5 Å². The molecule has 0 aliphatic heterocycles. The molecule has 3 nitrogen and oxygen atoms in total. The van der Waals surface area contributed by atoms with Crippen LogP contribution in [-0.2, 0) is 22.3 Å². The molecule has 102 valence electrons. The molecule has 0 fully saturated rings. The topological polar surface area (TPSA) is 46.2 Å². The third-order valence-electron chi connectivity index (χ3n) is 2.69. The number of rotatable bonds is 5. The minimum Gasteiger partial charge on any atom is -0.212 e. The molecule has 0 amide bonds. The van der Waals surface area contributed by atoms with Crippen LogP contribution in [0, 0.1) is 12.7 Å². The fourth-order valence-electron chi connectivity index (χ4n) is 1.61. The Hall–Kier alpha value is -1.24. The molecule has 2 rings (SSSR count). The minimum atomic E-state index is -3.41. The third-order valence-corrected chi connectivity index (χ3v) is 5.01. The lowest BCUT2D eigenvalue weighted by Crippen LogP contribution is -2.24. The summed E-state index contributed by atoms with van der Waals surface area (Å²) < 4.78 is 39.1. The Morgan fingerprint density at radius 1 is 1.21 bits per heavy atom. The normalized spacial score (nSPS) is 11.7. The smallest absolute Gasteiger partial charge is 0.212 e. The molecule has 6 heteroatoms. The van der Waals surface area contributed by atoms with Gasteiger partial charge in [-0.1, -0.05) is 12.1 Å². The Morgan fingerprint density at radius 2 is 1.89 bits per heavy atom. The number of benzene rings is 1. The van der Waals surface area contributed by atoms with Crippen LogP contribution in [0.2, 0.25) is 0 Å². The van der Waals surface area contributed by atoms with Crippen molar-refractivity contribution in [3.8, 4) is 0 Å². The van der Waals surface area contributed by atoms with Gasteiger partial charge in [0.15, 0.2) is 0 Å². The van der Waals surface area contributed by atoms with Crippen molar-refractivity contribution in [2.75, 3.05) is 0 Å². The first-order chi connectivity index (χ1) is 8.96. The van der Waals surface area contributed by atoms with E-state index < -0.39 is 10.0 Å². The van der Waals surface area contributed by atoms with Gasteiger partial charge in [0.1, 0.15) is 5.82 Å². The van der Waals surface area contributed by atoms with Crippen LogP contribution in [0.1, 0.15) is 16.0 Å². The molecule has 19 heavy (non-hydrogen) atoms. The van der Waals surface area contributed by atoms with Gasteiger partial charge in [-0.05, 0) is 41.6 Å². The maximum Gasteiger partial charge on any atom is 0.216 e. The molecule has 0 atom stereocenters. The highest BCUT2D eigenvalue weighted by Crippen LogP contribution is 2.15. The zero-order valence-electron chi connectivity index (χ0n) is 10.4. The average molecular weight is 299 g/mol. The molecule has 0 aliphatic rings. The SMILES string of the molecule is Cc1ccsc1CNS(=O)(=O)Cc1ccc(F)cc1. The Morgan fingerprint density at radius 3 is 2.47 bits per heavy atom. The molecule has 0 spiro atoms. The van der Waals surface area contributed by atoms with Crippen LogP contribution in [-0.4, -0.2) is 8.42 Å². The van der Waals surface area contributed by atoms with Gasteiger partial charge in [-0.15, -0.1) is 11.3 Å². The van der Waals surface area contributed by atoms with Gasteiger partial charge in [0.05, 0.1) is 5.75 Å². The first kappa shape index (κ1) is 14.2. The average Bonchev–Trinajstić information content (AvgIpc) is 2.75. The molecular formula is C13H14FNO2S2. The van der Waals surface area contributed by atoms with Crippen LogP contribution < -0.4 is 4.72 Å². The second-order valence-corrected chi connectivity index (χ2v) is 7.04. The summed E-state index contributed by atoms with van der Waals surface area (Å²) in [6.07, 6.45) is 0. The molecule has 1 aromatic heterocycles. The fraction of sp³-hybridized carbons (Fsp3) is 0.231. The fourth-order valence-corrected chi connectivity index (χ4v) is 3.65. The highest BCUT2D eigenvalue weighted by Gasteiger charge is 2.12.